The zero-order valence-electron chi connectivity index (χ0n) is 12.3. The van der Waals surface area contributed by atoms with Crippen LogP contribution in [0, 0.1) is 5.82 Å². The molecule has 0 aliphatic carbocycles. The molecule has 1 spiro atoms. The Morgan fingerprint density at radius 1 is 1.29 bits per heavy atom. The van der Waals surface area contributed by atoms with E-state index in [0.717, 1.165) is 24.9 Å². The number of benzene rings is 1. The molecule has 1 aromatic rings. The van der Waals surface area contributed by atoms with Crippen LogP contribution >= 0.6 is 0 Å². The molecule has 0 unspecified atom stereocenters. The van der Waals surface area contributed by atoms with Crippen molar-refractivity contribution >= 4 is 0 Å². The molecule has 0 bridgehead atoms. The van der Waals surface area contributed by atoms with Gasteiger partial charge in [-0.2, -0.15) is 0 Å². The minimum atomic E-state index is -0.427. The Labute approximate surface area is 124 Å². The molecule has 4 nitrogen and oxygen atoms in total. The van der Waals surface area contributed by atoms with Crippen LogP contribution in [0.3, 0.4) is 0 Å². The van der Waals surface area contributed by atoms with Gasteiger partial charge >= 0.3 is 0 Å². The summed E-state index contributed by atoms with van der Waals surface area (Å²) in [5.41, 5.74) is 1.07. The summed E-state index contributed by atoms with van der Waals surface area (Å²) < 4.78 is 30.2. The van der Waals surface area contributed by atoms with Crippen molar-refractivity contribution in [1.29, 1.82) is 0 Å². The summed E-state index contributed by atoms with van der Waals surface area (Å²) in [7, 11) is 0. The van der Waals surface area contributed by atoms with Crippen LogP contribution in [0.2, 0.25) is 0 Å². The lowest BCUT2D eigenvalue weighted by Crippen LogP contribution is -2.39. The van der Waals surface area contributed by atoms with Gasteiger partial charge < -0.3 is 19.5 Å². The topological polar surface area (TPSA) is 39.7 Å². The lowest BCUT2D eigenvalue weighted by molar-refractivity contribution is -0.210. The molecule has 0 saturated carbocycles. The molecule has 2 aliphatic heterocycles. The summed E-state index contributed by atoms with van der Waals surface area (Å²) in [5.74, 6) is -0.635. The third-order valence-corrected chi connectivity index (χ3v) is 4.19. The highest BCUT2D eigenvalue weighted by Gasteiger charge is 2.42. The van der Waals surface area contributed by atoms with E-state index in [4.69, 9.17) is 14.2 Å². The van der Waals surface area contributed by atoms with Crippen molar-refractivity contribution in [1.82, 2.24) is 5.32 Å². The Hall–Kier alpha value is -1.01. The van der Waals surface area contributed by atoms with Gasteiger partial charge in [0.2, 0.25) is 0 Å². The van der Waals surface area contributed by atoms with Crippen LogP contribution in [0.25, 0.3) is 0 Å². The number of hydrogen-bond donors (Lipinski definition) is 1. The predicted octanol–water partition coefficient (Wildman–Crippen LogP) is 2.40. The van der Waals surface area contributed by atoms with E-state index in [9.17, 15) is 4.39 Å². The van der Waals surface area contributed by atoms with Crippen LogP contribution in [0.15, 0.2) is 24.3 Å². The van der Waals surface area contributed by atoms with Crippen molar-refractivity contribution in [2.24, 2.45) is 0 Å². The standard InChI is InChI=1S/C16H22FNO3/c1-12(13-2-4-14(17)5-3-13)18-10-15-11-20-16(21-15)6-8-19-9-7-16/h2-5,12,15,18H,6-11H2,1H3/t12-,15-/m1/s1. The summed E-state index contributed by atoms with van der Waals surface area (Å²) in [6, 6.07) is 6.73. The highest BCUT2D eigenvalue weighted by Crippen LogP contribution is 2.33. The van der Waals surface area contributed by atoms with E-state index in [1.807, 2.05) is 0 Å². The van der Waals surface area contributed by atoms with E-state index in [-0.39, 0.29) is 18.0 Å². The van der Waals surface area contributed by atoms with Gasteiger partial charge in [-0.25, -0.2) is 4.39 Å². The van der Waals surface area contributed by atoms with Crippen molar-refractivity contribution in [3.8, 4) is 0 Å². The van der Waals surface area contributed by atoms with E-state index in [1.54, 1.807) is 12.1 Å². The molecule has 21 heavy (non-hydrogen) atoms. The molecule has 2 fully saturated rings. The highest BCUT2D eigenvalue weighted by atomic mass is 19.1. The summed E-state index contributed by atoms with van der Waals surface area (Å²) in [6.07, 6.45) is 1.67. The molecule has 2 aliphatic rings. The molecule has 116 valence electrons. The molecular formula is C16H22FNO3. The first-order valence-corrected chi connectivity index (χ1v) is 7.55. The van der Waals surface area contributed by atoms with Gasteiger partial charge in [-0.05, 0) is 24.6 Å². The molecule has 2 atom stereocenters. The smallest absolute Gasteiger partial charge is 0.173 e. The number of hydrogen-bond acceptors (Lipinski definition) is 4. The molecule has 1 N–H and O–H groups in total. The van der Waals surface area contributed by atoms with Crippen LogP contribution in [0.4, 0.5) is 4.39 Å². The first kappa shape index (κ1) is 14.9. The Morgan fingerprint density at radius 3 is 2.71 bits per heavy atom. The maximum atomic E-state index is 12.9. The average Bonchev–Trinajstić information content (AvgIpc) is 2.89. The lowest BCUT2D eigenvalue weighted by Gasteiger charge is -2.31. The van der Waals surface area contributed by atoms with Crippen molar-refractivity contribution in [2.75, 3.05) is 26.4 Å². The maximum absolute atomic E-state index is 12.9. The van der Waals surface area contributed by atoms with Crippen LogP contribution in [-0.4, -0.2) is 38.3 Å². The number of ether oxygens (including phenoxy) is 3. The largest absolute Gasteiger partial charge is 0.381 e. The first-order chi connectivity index (χ1) is 10.2. The van der Waals surface area contributed by atoms with Crippen LogP contribution < -0.4 is 5.32 Å². The number of nitrogens with one attached hydrogen (secondary N) is 1. The van der Waals surface area contributed by atoms with E-state index in [2.05, 4.69) is 12.2 Å². The van der Waals surface area contributed by atoms with Gasteiger partial charge in [-0.15, -0.1) is 0 Å². The SMILES string of the molecule is C[C@@H](NC[C@@H]1COC2(CCOCC2)O1)c1ccc(F)cc1. The van der Waals surface area contributed by atoms with Gasteiger partial charge in [-0.3, -0.25) is 0 Å². The van der Waals surface area contributed by atoms with E-state index < -0.39 is 5.79 Å². The fourth-order valence-electron chi connectivity index (χ4n) is 2.84. The Kier molecular flexibility index (Phi) is 4.54. The zero-order chi connectivity index (χ0) is 14.7. The van der Waals surface area contributed by atoms with E-state index in [0.29, 0.717) is 19.8 Å². The molecular weight excluding hydrogens is 273 g/mol. The summed E-state index contributed by atoms with van der Waals surface area (Å²) in [5, 5.41) is 3.42. The minimum absolute atomic E-state index is 0.0611. The highest BCUT2D eigenvalue weighted by molar-refractivity contribution is 5.19. The Balaban J connectivity index is 1.48. The van der Waals surface area contributed by atoms with Crippen LogP contribution in [0.5, 0.6) is 0 Å². The van der Waals surface area contributed by atoms with Crippen molar-refractivity contribution in [2.45, 2.75) is 37.7 Å². The van der Waals surface area contributed by atoms with Crippen LogP contribution in [0.1, 0.15) is 31.4 Å². The fraction of sp³-hybridized carbons (Fsp3) is 0.625. The van der Waals surface area contributed by atoms with Gasteiger partial charge in [0.05, 0.1) is 25.9 Å². The second kappa shape index (κ2) is 6.40. The quantitative estimate of drug-likeness (QED) is 0.926. The van der Waals surface area contributed by atoms with Gasteiger partial charge in [-0.1, -0.05) is 12.1 Å². The second-order valence-electron chi connectivity index (χ2n) is 5.76. The Bertz CT molecular complexity index is 459. The first-order valence-electron chi connectivity index (χ1n) is 7.55. The summed E-state index contributed by atoms with van der Waals surface area (Å²) >= 11 is 0. The molecule has 2 heterocycles. The predicted molar refractivity (Wildman–Crippen MR) is 76.4 cm³/mol. The molecule has 0 radical (unpaired) electrons. The third kappa shape index (κ3) is 3.61. The Morgan fingerprint density at radius 2 is 2.00 bits per heavy atom. The van der Waals surface area contributed by atoms with Crippen molar-refractivity contribution in [3.05, 3.63) is 35.6 Å². The van der Waals surface area contributed by atoms with Gasteiger partial charge in [0.1, 0.15) is 5.82 Å². The molecule has 3 rings (SSSR count). The minimum Gasteiger partial charge on any atom is -0.381 e. The normalized spacial score (nSPS) is 26.1. The zero-order valence-corrected chi connectivity index (χ0v) is 12.3. The van der Waals surface area contributed by atoms with E-state index >= 15 is 0 Å². The molecule has 2 saturated heterocycles. The van der Waals surface area contributed by atoms with E-state index in [1.165, 1.54) is 12.1 Å². The molecule has 5 heteroatoms. The lowest BCUT2D eigenvalue weighted by atomic mass is 10.1. The van der Waals surface area contributed by atoms with Gasteiger partial charge in [0, 0.05) is 25.4 Å². The summed E-state index contributed by atoms with van der Waals surface area (Å²) in [6.45, 7) is 4.80. The molecule has 1 aromatic carbocycles. The van der Waals surface area contributed by atoms with Crippen LogP contribution in [-0.2, 0) is 14.2 Å². The molecule has 0 aromatic heterocycles. The fourth-order valence-corrected chi connectivity index (χ4v) is 2.84. The van der Waals surface area contributed by atoms with Crippen molar-refractivity contribution < 1.29 is 18.6 Å². The average molecular weight is 295 g/mol. The van der Waals surface area contributed by atoms with Gasteiger partial charge in [0.25, 0.3) is 0 Å². The van der Waals surface area contributed by atoms with Crippen molar-refractivity contribution in [3.63, 3.8) is 0 Å². The maximum Gasteiger partial charge on any atom is 0.173 e. The molecule has 0 amide bonds. The second-order valence-corrected chi connectivity index (χ2v) is 5.76. The van der Waals surface area contributed by atoms with Gasteiger partial charge in [0.15, 0.2) is 5.79 Å². The number of halogens is 1. The number of rotatable bonds is 4. The monoisotopic (exact) mass is 295 g/mol. The summed E-state index contributed by atoms with van der Waals surface area (Å²) in [4.78, 5) is 0. The third-order valence-electron chi connectivity index (χ3n) is 4.19.